The maximum absolute atomic E-state index is 10.3. The summed E-state index contributed by atoms with van der Waals surface area (Å²) in [6, 6.07) is 49.6. The third-order valence-corrected chi connectivity index (χ3v) is 10.8. The van der Waals surface area contributed by atoms with E-state index in [1.54, 1.807) is 0 Å². The number of hydrogen-bond acceptors (Lipinski definition) is 8. The Kier molecular flexibility index (Phi) is 8.32. The average Bonchev–Trinajstić information content (AvgIpc) is 3.27. The van der Waals surface area contributed by atoms with E-state index in [0.29, 0.717) is 35.6 Å². The predicted molar refractivity (Wildman–Crippen MR) is 230 cm³/mol. The zero-order chi connectivity index (χ0) is 39.3. The maximum Gasteiger partial charge on any atom is 0.234 e. The fraction of sp³-hybridized carbons (Fsp3) is 0.0800. The molecule has 0 unspecified atom stereocenters. The van der Waals surface area contributed by atoms with Gasteiger partial charge in [0, 0.05) is 33.0 Å². The first-order valence-corrected chi connectivity index (χ1v) is 19.2. The van der Waals surface area contributed by atoms with Crippen molar-refractivity contribution in [2.75, 3.05) is 13.2 Å². The molecule has 0 aliphatic heterocycles. The first-order valence-electron chi connectivity index (χ1n) is 19.2. The molecular weight excluding hydrogens is 717 g/mol. The van der Waals surface area contributed by atoms with Crippen LogP contribution in [0, 0.1) is 22.7 Å². The number of nitrogens with zero attached hydrogens (tertiary/aromatic N) is 6. The lowest BCUT2D eigenvalue weighted by Gasteiger charge is -2.17. The number of benzene rings is 6. The number of hydrogen-bond donors (Lipinski definition) is 0. The third-order valence-electron chi connectivity index (χ3n) is 10.8. The molecule has 4 heterocycles. The van der Waals surface area contributed by atoms with Gasteiger partial charge in [-0.05, 0) is 81.6 Å². The van der Waals surface area contributed by atoms with Gasteiger partial charge >= 0.3 is 0 Å². The quantitative estimate of drug-likeness (QED) is 0.141. The van der Waals surface area contributed by atoms with Crippen LogP contribution < -0.4 is 9.47 Å². The lowest BCUT2D eigenvalue weighted by Crippen LogP contribution is -2.02. The van der Waals surface area contributed by atoms with Crippen molar-refractivity contribution >= 4 is 54.4 Å². The molecule has 274 valence electrons. The molecule has 0 aliphatic rings. The van der Waals surface area contributed by atoms with Crippen LogP contribution in [-0.4, -0.2) is 33.1 Å². The number of aromatic nitrogens is 4. The van der Waals surface area contributed by atoms with Crippen molar-refractivity contribution < 1.29 is 9.47 Å². The summed E-state index contributed by atoms with van der Waals surface area (Å²) in [4.78, 5) is 19.9. The number of ether oxygens (including phenoxy) is 2. The summed E-state index contributed by atoms with van der Waals surface area (Å²) < 4.78 is 11.8. The van der Waals surface area contributed by atoms with Gasteiger partial charge in [-0.3, -0.25) is 0 Å². The Morgan fingerprint density at radius 3 is 1.24 bits per heavy atom. The van der Waals surface area contributed by atoms with Gasteiger partial charge in [0.2, 0.25) is 11.8 Å². The van der Waals surface area contributed by atoms with Gasteiger partial charge in [0.1, 0.15) is 23.3 Å². The Morgan fingerprint density at radius 1 is 0.448 bits per heavy atom. The van der Waals surface area contributed by atoms with Gasteiger partial charge < -0.3 is 9.47 Å². The van der Waals surface area contributed by atoms with E-state index in [1.165, 1.54) is 0 Å². The molecule has 10 aromatic rings. The van der Waals surface area contributed by atoms with E-state index in [2.05, 4.69) is 60.7 Å². The number of pyridine rings is 4. The van der Waals surface area contributed by atoms with Crippen LogP contribution >= 0.6 is 0 Å². The molecule has 0 radical (unpaired) electrons. The Hall–Kier alpha value is -7.94. The number of rotatable bonds is 8. The summed E-state index contributed by atoms with van der Waals surface area (Å²) in [5.41, 5.74) is 8.58. The van der Waals surface area contributed by atoms with Crippen LogP contribution in [0.5, 0.6) is 11.8 Å². The summed E-state index contributed by atoms with van der Waals surface area (Å²) in [6.45, 7) is 4.50. The topological polar surface area (TPSA) is 118 Å². The molecule has 10 rings (SSSR count). The smallest absolute Gasteiger partial charge is 0.234 e. The van der Waals surface area contributed by atoms with E-state index in [9.17, 15) is 10.5 Å². The van der Waals surface area contributed by atoms with E-state index >= 15 is 0 Å². The minimum absolute atomic E-state index is 0.275. The van der Waals surface area contributed by atoms with E-state index < -0.39 is 0 Å². The van der Waals surface area contributed by atoms with Gasteiger partial charge in [0.05, 0.1) is 24.6 Å². The molecule has 0 aliphatic carbocycles. The molecule has 0 amide bonds. The highest BCUT2D eigenvalue weighted by molar-refractivity contribution is 6.27. The van der Waals surface area contributed by atoms with Gasteiger partial charge in [0.15, 0.2) is 11.3 Å². The highest BCUT2D eigenvalue weighted by Gasteiger charge is 2.22. The first-order chi connectivity index (χ1) is 28.6. The molecule has 4 aromatic heterocycles. The minimum Gasteiger partial charge on any atom is -0.477 e. The summed E-state index contributed by atoms with van der Waals surface area (Å²) >= 11 is 0. The monoisotopic (exact) mass is 748 g/mol. The first kappa shape index (κ1) is 34.5. The molecule has 0 saturated carbocycles. The fourth-order valence-electron chi connectivity index (χ4n) is 8.29. The number of nitriles is 2. The Morgan fingerprint density at radius 2 is 0.845 bits per heavy atom. The highest BCUT2D eigenvalue weighted by atomic mass is 16.5. The molecule has 0 N–H and O–H groups in total. The summed E-state index contributed by atoms with van der Waals surface area (Å²) in [5, 5.41) is 28.7. The lowest BCUT2D eigenvalue weighted by atomic mass is 9.88. The van der Waals surface area contributed by atoms with Crippen LogP contribution in [0.4, 0.5) is 0 Å². The van der Waals surface area contributed by atoms with Gasteiger partial charge in [-0.2, -0.15) is 20.5 Å². The van der Waals surface area contributed by atoms with Crippen molar-refractivity contribution in [3.63, 3.8) is 0 Å². The largest absolute Gasteiger partial charge is 0.477 e. The molecule has 6 aromatic carbocycles. The second kappa shape index (κ2) is 14.0. The Bertz CT molecular complexity index is 3110. The van der Waals surface area contributed by atoms with Crippen molar-refractivity contribution in [1.29, 1.82) is 10.5 Å². The highest BCUT2D eigenvalue weighted by Crippen LogP contribution is 2.44. The molecule has 0 fully saturated rings. The summed E-state index contributed by atoms with van der Waals surface area (Å²) in [5.74, 6) is 0.551. The Labute approximate surface area is 333 Å². The Balaban J connectivity index is 1.16. The molecule has 8 heteroatoms. The van der Waals surface area contributed by atoms with Gasteiger partial charge in [0.25, 0.3) is 0 Å². The van der Waals surface area contributed by atoms with Gasteiger partial charge in [-0.15, -0.1) is 0 Å². The van der Waals surface area contributed by atoms with Gasteiger partial charge in [-0.25, -0.2) is 9.97 Å². The van der Waals surface area contributed by atoms with Crippen molar-refractivity contribution in [1.82, 2.24) is 19.9 Å². The summed E-state index contributed by atoms with van der Waals surface area (Å²) in [6.07, 6.45) is 0. The molecule has 8 nitrogen and oxygen atoms in total. The van der Waals surface area contributed by atoms with Crippen molar-refractivity contribution in [3.05, 3.63) is 145 Å². The normalized spacial score (nSPS) is 11.4. The standard InChI is InChI=1S/C50H32N6O2/c1-3-57-49-39(27-51)43(29-11-7-5-8-12-29)37-23-25-41(53-47(37)55-49)33-19-17-31-15-16-32-18-20-34(36-22-21-35(33)45(31)46(32)36)42-26-24-38-44(30-13-9-6-10-14-30)40(28-52)50(58-4-2)56-48(38)54-42/h5-26H,3-4H2,1-2H3. The minimum atomic E-state index is 0.275. The van der Waals surface area contributed by atoms with E-state index in [-0.39, 0.29) is 11.8 Å². The van der Waals surface area contributed by atoms with Crippen LogP contribution in [-0.2, 0) is 0 Å². The fourth-order valence-corrected chi connectivity index (χ4v) is 8.29. The zero-order valence-electron chi connectivity index (χ0n) is 31.6. The second-order valence-electron chi connectivity index (χ2n) is 13.9. The molecule has 0 bridgehead atoms. The van der Waals surface area contributed by atoms with Crippen molar-refractivity contribution in [2.24, 2.45) is 0 Å². The van der Waals surface area contributed by atoms with E-state index in [1.807, 2.05) is 98.8 Å². The van der Waals surface area contributed by atoms with Crippen LogP contribution in [0.3, 0.4) is 0 Å². The zero-order valence-corrected chi connectivity index (χ0v) is 31.6. The summed E-state index contributed by atoms with van der Waals surface area (Å²) in [7, 11) is 0. The van der Waals surface area contributed by atoms with E-state index in [4.69, 9.17) is 29.4 Å². The number of fused-ring (bicyclic) bond motifs is 2. The second-order valence-corrected chi connectivity index (χ2v) is 13.9. The molecule has 58 heavy (non-hydrogen) atoms. The van der Waals surface area contributed by atoms with Crippen LogP contribution in [0.15, 0.2) is 133 Å². The average molecular weight is 749 g/mol. The molecule has 0 spiro atoms. The lowest BCUT2D eigenvalue weighted by molar-refractivity contribution is 0.327. The molecular formula is C50H32N6O2. The van der Waals surface area contributed by atoms with Gasteiger partial charge in [-0.1, -0.05) is 109 Å². The predicted octanol–water partition coefficient (Wildman–Crippen LogP) is 11.7. The van der Waals surface area contributed by atoms with Crippen LogP contribution in [0.25, 0.3) is 99.2 Å². The van der Waals surface area contributed by atoms with Crippen LogP contribution in [0.1, 0.15) is 25.0 Å². The third kappa shape index (κ3) is 5.43. The maximum atomic E-state index is 10.3. The molecule has 0 atom stereocenters. The van der Waals surface area contributed by atoms with E-state index in [0.717, 1.165) is 87.9 Å². The SMILES string of the molecule is CCOc1nc2nc(-c3ccc4ccc5ccc(-c6ccc7c(-c8ccccc8)c(C#N)c(OCC)nc7n6)c6ccc3c4c56)ccc2c(-c2ccccc2)c1C#N. The molecule has 0 saturated heterocycles. The van der Waals surface area contributed by atoms with Crippen molar-refractivity contribution in [2.45, 2.75) is 13.8 Å². The van der Waals surface area contributed by atoms with Crippen molar-refractivity contribution in [3.8, 4) is 68.7 Å². The van der Waals surface area contributed by atoms with Crippen LogP contribution in [0.2, 0.25) is 0 Å².